The van der Waals surface area contributed by atoms with Crippen molar-refractivity contribution in [2.24, 2.45) is 5.92 Å². The van der Waals surface area contributed by atoms with Crippen LogP contribution in [-0.4, -0.2) is 67.8 Å². The van der Waals surface area contributed by atoms with Crippen LogP contribution in [0.5, 0.6) is 0 Å². The first-order chi connectivity index (χ1) is 11.8. The van der Waals surface area contributed by atoms with Crippen LogP contribution in [0.15, 0.2) is 30.3 Å². The van der Waals surface area contributed by atoms with Crippen molar-refractivity contribution in [2.75, 3.05) is 46.0 Å². The number of carbonyl (C=O) groups excluding carboxylic acids is 1. The van der Waals surface area contributed by atoms with Crippen molar-refractivity contribution in [1.29, 1.82) is 0 Å². The Morgan fingerprint density at radius 3 is 2.83 bits per heavy atom. The predicted octanol–water partition coefficient (Wildman–Crippen LogP) is 1.77. The van der Waals surface area contributed by atoms with Gasteiger partial charge in [0, 0.05) is 26.2 Å². The van der Waals surface area contributed by atoms with Crippen LogP contribution < -0.4 is 0 Å². The maximum absolute atomic E-state index is 12.6. The van der Waals surface area contributed by atoms with Gasteiger partial charge < -0.3 is 14.4 Å². The first kappa shape index (κ1) is 17.4. The zero-order valence-electron chi connectivity index (χ0n) is 14.5. The number of amides is 1. The molecular formula is C19H28N2O3. The zero-order valence-corrected chi connectivity index (χ0v) is 14.5. The van der Waals surface area contributed by atoms with E-state index in [4.69, 9.17) is 9.47 Å². The van der Waals surface area contributed by atoms with Crippen molar-refractivity contribution in [3.8, 4) is 0 Å². The number of likely N-dealkylation sites (N-methyl/N-ethyl adjacent to an activating group) is 1. The molecule has 0 aromatic heterocycles. The number of likely N-dealkylation sites (tertiary alicyclic amines) is 1. The average Bonchev–Trinajstić information content (AvgIpc) is 3.07. The molecule has 0 unspecified atom stereocenters. The van der Waals surface area contributed by atoms with Crippen molar-refractivity contribution in [3.63, 3.8) is 0 Å². The van der Waals surface area contributed by atoms with Crippen molar-refractivity contribution in [1.82, 2.24) is 9.80 Å². The summed E-state index contributed by atoms with van der Waals surface area (Å²) in [6, 6.07) is 10.6. The number of carbonyl (C=O) groups is 1. The molecule has 2 saturated heterocycles. The third-order valence-corrected chi connectivity index (χ3v) is 4.88. The van der Waals surface area contributed by atoms with Gasteiger partial charge in [-0.25, -0.2) is 0 Å². The summed E-state index contributed by atoms with van der Waals surface area (Å²) < 4.78 is 10.9. The molecule has 0 radical (unpaired) electrons. The summed E-state index contributed by atoms with van der Waals surface area (Å²) in [5, 5.41) is 0. The van der Waals surface area contributed by atoms with Gasteiger partial charge in [0.15, 0.2) is 6.10 Å². The number of nitrogens with zero attached hydrogens (tertiary/aromatic N) is 2. The van der Waals surface area contributed by atoms with Crippen LogP contribution in [-0.2, 0) is 20.8 Å². The Labute approximate surface area is 144 Å². The second-order valence-electron chi connectivity index (χ2n) is 6.69. The van der Waals surface area contributed by atoms with Gasteiger partial charge in [0.25, 0.3) is 5.91 Å². The predicted molar refractivity (Wildman–Crippen MR) is 92.6 cm³/mol. The van der Waals surface area contributed by atoms with Crippen molar-refractivity contribution in [3.05, 3.63) is 35.9 Å². The molecule has 0 bridgehead atoms. The van der Waals surface area contributed by atoms with Crippen molar-refractivity contribution in [2.45, 2.75) is 26.0 Å². The first-order valence-electron chi connectivity index (χ1n) is 9.00. The minimum absolute atomic E-state index is 0.0821. The molecular weight excluding hydrogens is 304 g/mol. The van der Waals surface area contributed by atoms with Gasteiger partial charge in [0.1, 0.15) is 0 Å². The van der Waals surface area contributed by atoms with Gasteiger partial charge in [-0.05, 0) is 31.4 Å². The van der Waals surface area contributed by atoms with Gasteiger partial charge >= 0.3 is 0 Å². The molecule has 0 spiro atoms. The number of hydrogen-bond acceptors (Lipinski definition) is 4. The minimum Gasteiger partial charge on any atom is -0.376 e. The highest BCUT2D eigenvalue weighted by molar-refractivity contribution is 5.81. The Morgan fingerprint density at radius 1 is 1.29 bits per heavy atom. The van der Waals surface area contributed by atoms with E-state index in [1.807, 2.05) is 11.8 Å². The Hall–Kier alpha value is -1.43. The van der Waals surface area contributed by atoms with E-state index >= 15 is 0 Å². The first-order valence-corrected chi connectivity index (χ1v) is 9.00. The molecule has 24 heavy (non-hydrogen) atoms. The molecule has 5 nitrogen and oxygen atoms in total. The highest BCUT2D eigenvalue weighted by Gasteiger charge is 2.30. The van der Waals surface area contributed by atoms with Crippen LogP contribution in [0.3, 0.4) is 0 Å². The van der Waals surface area contributed by atoms with Crippen LogP contribution in [0.4, 0.5) is 0 Å². The summed E-state index contributed by atoms with van der Waals surface area (Å²) in [4.78, 5) is 17.0. The summed E-state index contributed by atoms with van der Waals surface area (Å²) in [5.74, 6) is 0.626. The summed E-state index contributed by atoms with van der Waals surface area (Å²) in [5.41, 5.74) is 1.36. The monoisotopic (exact) mass is 332 g/mol. The zero-order chi connectivity index (χ0) is 16.8. The molecule has 1 amide bonds. The van der Waals surface area contributed by atoms with Crippen LogP contribution >= 0.6 is 0 Å². The van der Waals surface area contributed by atoms with E-state index in [0.717, 1.165) is 39.1 Å². The lowest BCUT2D eigenvalue weighted by Crippen LogP contribution is -2.47. The fraction of sp³-hybridized carbons (Fsp3) is 0.632. The molecule has 1 aromatic rings. The van der Waals surface area contributed by atoms with E-state index in [0.29, 0.717) is 25.7 Å². The topological polar surface area (TPSA) is 42.0 Å². The SMILES string of the molecule is CCN(C[C@H]1CCN(Cc2ccccc2)C1)C(=O)[C@H]1COCCO1. The normalized spacial score (nSPS) is 24.9. The Bertz CT molecular complexity index is 517. The second-order valence-corrected chi connectivity index (χ2v) is 6.69. The quantitative estimate of drug-likeness (QED) is 0.796. The van der Waals surface area contributed by atoms with Gasteiger partial charge in [-0.2, -0.15) is 0 Å². The van der Waals surface area contributed by atoms with E-state index in [1.165, 1.54) is 5.56 Å². The summed E-state index contributed by atoms with van der Waals surface area (Å²) in [7, 11) is 0. The van der Waals surface area contributed by atoms with E-state index in [9.17, 15) is 4.79 Å². The van der Waals surface area contributed by atoms with Crippen LogP contribution in [0.2, 0.25) is 0 Å². The maximum atomic E-state index is 12.6. The fourth-order valence-electron chi connectivity index (χ4n) is 3.57. The fourth-order valence-corrected chi connectivity index (χ4v) is 3.57. The van der Waals surface area contributed by atoms with Crippen LogP contribution in [0.1, 0.15) is 18.9 Å². The molecule has 1 aromatic carbocycles. The number of ether oxygens (including phenoxy) is 2. The largest absolute Gasteiger partial charge is 0.376 e. The average molecular weight is 332 g/mol. The van der Waals surface area contributed by atoms with Crippen LogP contribution in [0, 0.1) is 5.92 Å². The molecule has 2 atom stereocenters. The summed E-state index contributed by atoms with van der Waals surface area (Å²) in [6.07, 6.45) is 0.735. The minimum atomic E-state index is -0.416. The van der Waals surface area contributed by atoms with E-state index in [1.54, 1.807) is 0 Å². The summed E-state index contributed by atoms with van der Waals surface area (Å²) in [6.45, 7) is 8.24. The highest BCUT2D eigenvalue weighted by Crippen LogP contribution is 2.20. The van der Waals surface area contributed by atoms with Crippen molar-refractivity contribution < 1.29 is 14.3 Å². The molecule has 5 heteroatoms. The maximum Gasteiger partial charge on any atom is 0.254 e. The number of rotatable bonds is 6. The molecule has 0 aliphatic carbocycles. The summed E-state index contributed by atoms with van der Waals surface area (Å²) >= 11 is 0. The Kier molecular flexibility index (Phi) is 6.24. The Morgan fingerprint density at radius 2 is 2.12 bits per heavy atom. The number of hydrogen-bond donors (Lipinski definition) is 0. The third kappa shape index (κ3) is 4.56. The lowest BCUT2D eigenvalue weighted by Gasteiger charge is -2.30. The van der Waals surface area contributed by atoms with Gasteiger partial charge in [-0.15, -0.1) is 0 Å². The lowest BCUT2D eigenvalue weighted by molar-refractivity contribution is -0.158. The number of benzene rings is 1. The lowest BCUT2D eigenvalue weighted by atomic mass is 10.1. The molecule has 0 saturated carbocycles. The molecule has 2 fully saturated rings. The van der Waals surface area contributed by atoms with Crippen molar-refractivity contribution >= 4 is 5.91 Å². The van der Waals surface area contributed by atoms with E-state index in [2.05, 4.69) is 35.2 Å². The van der Waals surface area contributed by atoms with Gasteiger partial charge in [-0.3, -0.25) is 9.69 Å². The van der Waals surface area contributed by atoms with Gasteiger partial charge in [-0.1, -0.05) is 30.3 Å². The third-order valence-electron chi connectivity index (χ3n) is 4.88. The smallest absolute Gasteiger partial charge is 0.254 e. The Balaban J connectivity index is 1.48. The second kappa shape index (κ2) is 8.60. The molecule has 2 aliphatic rings. The molecule has 3 rings (SSSR count). The van der Waals surface area contributed by atoms with Crippen LogP contribution in [0.25, 0.3) is 0 Å². The van der Waals surface area contributed by atoms with Gasteiger partial charge in [0.05, 0.1) is 19.8 Å². The molecule has 2 heterocycles. The van der Waals surface area contributed by atoms with E-state index < -0.39 is 6.10 Å². The van der Waals surface area contributed by atoms with Gasteiger partial charge in [0.2, 0.25) is 0 Å². The standard InChI is InChI=1S/C19H28N2O3/c1-2-21(19(22)18-15-23-10-11-24-18)14-17-8-9-20(13-17)12-16-6-4-3-5-7-16/h3-7,17-18H,2,8-15H2,1H3/t17-,18+/m0/s1. The van der Waals surface area contributed by atoms with E-state index in [-0.39, 0.29) is 5.91 Å². The molecule has 2 aliphatic heterocycles. The highest BCUT2D eigenvalue weighted by atomic mass is 16.6. The molecule has 132 valence electrons. The molecule has 0 N–H and O–H groups in total.